The van der Waals surface area contributed by atoms with Gasteiger partial charge < -0.3 is 10.1 Å². The van der Waals surface area contributed by atoms with Gasteiger partial charge in [-0.15, -0.1) is 0 Å². The predicted octanol–water partition coefficient (Wildman–Crippen LogP) is 2.63. The molecule has 0 aliphatic heterocycles. The number of Topliss-reactive ketones (excluding diaryl/α,β-unsaturated/α-hetero) is 1. The first-order valence-electron chi connectivity index (χ1n) is 5.28. The molecule has 0 fully saturated rings. The van der Waals surface area contributed by atoms with Gasteiger partial charge in [-0.05, 0) is 25.1 Å². The van der Waals surface area contributed by atoms with Crippen LogP contribution in [0.3, 0.4) is 0 Å². The van der Waals surface area contributed by atoms with E-state index < -0.39 is 35.5 Å². The third kappa shape index (κ3) is 4.27. The van der Waals surface area contributed by atoms with Crippen molar-refractivity contribution in [3.8, 4) is 5.75 Å². The smallest absolute Gasteiger partial charge is 0.418 e. The fourth-order valence-electron chi connectivity index (χ4n) is 1.41. The Balaban J connectivity index is 3.06. The van der Waals surface area contributed by atoms with Gasteiger partial charge in [0.05, 0.1) is 24.8 Å². The van der Waals surface area contributed by atoms with Crippen LogP contribution in [-0.4, -0.2) is 18.8 Å². The third-order valence-corrected chi connectivity index (χ3v) is 2.22. The highest BCUT2D eigenvalue weighted by Gasteiger charge is 2.34. The van der Waals surface area contributed by atoms with Crippen molar-refractivity contribution in [2.45, 2.75) is 19.5 Å². The van der Waals surface area contributed by atoms with Gasteiger partial charge in [0, 0.05) is 0 Å². The number of amides is 1. The first-order valence-corrected chi connectivity index (χ1v) is 5.28. The van der Waals surface area contributed by atoms with Crippen LogP contribution in [0.25, 0.3) is 0 Å². The molecule has 104 valence electrons. The predicted molar refractivity (Wildman–Crippen MR) is 61.9 cm³/mol. The average molecular weight is 275 g/mol. The Morgan fingerprint density at radius 1 is 1.32 bits per heavy atom. The Kier molecular flexibility index (Phi) is 4.52. The Morgan fingerprint density at radius 2 is 1.95 bits per heavy atom. The minimum Gasteiger partial charge on any atom is -0.497 e. The molecule has 1 rings (SSSR count). The molecule has 0 saturated heterocycles. The molecule has 0 aliphatic rings. The number of nitrogens with one attached hydrogen (secondary N) is 1. The molecule has 1 amide bonds. The zero-order valence-corrected chi connectivity index (χ0v) is 10.3. The molecule has 1 aromatic carbocycles. The summed E-state index contributed by atoms with van der Waals surface area (Å²) in [5, 5.41) is 2.06. The van der Waals surface area contributed by atoms with E-state index in [2.05, 4.69) is 5.32 Å². The van der Waals surface area contributed by atoms with Gasteiger partial charge in [0.1, 0.15) is 11.5 Å². The summed E-state index contributed by atoms with van der Waals surface area (Å²) >= 11 is 0. The van der Waals surface area contributed by atoms with E-state index >= 15 is 0 Å². The summed E-state index contributed by atoms with van der Waals surface area (Å²) in [7, 11) is 1.24. The standard InChI is InChI=1S/C12H12F3NO3/c1-7(17)5-11(18)16-10-4-3-8(19-2)6-9(10)12(13,14)15/h3-4,6H,5H2,1-2H3,(H,16,18). The lowest BCUT2D eigenvalue weighted by Gasteiger charge is -2.14. The number of rotatable bonds is 4. The van der Waals surface area contributed by atoms with E-state index in [1.54, 1.807) is 0 Å². The van der Waals surface area contributed by atoms with Crippen molar-refractivity contribution in [3.05, 3.63) is 23.8 Å². The Labute approximate surface area is 107 Å². The van der Waals surface area contributed by atoms with Gasteiger partial charge >= 0.3 is 6.18 Å². The number of alkyl halides is 3. The molecule has 0 heterocycles. The van der Waals surface area contributed by atoms with Crippen LogP contribution in [0.2, 0.25) is 0 Å². The molecule has 0 aliphatic carbocycles. The van der Waals surface area contributed by atoms with Crippen LogP contribution >= 0.6 is 0 Å². The van der Waals surface area contributed by atoms with Crippen LogP contribution in [0.4, 0.5) is 18.9 Å². The number of hydrogen-bond acceptors (Lipinski definition) is 3. The minimum atomic E-state index is -4.63. The van der Waals surface area contributed by atoms with Crippen LogP contribution < -0.4 is 10.1 Å². The molecule has 0 atom stereocenters. The number of methoxy groups -OCH3 is 1. The van der Waals surface area contributed by atoms with Gasteiger partial charge in [-0.2, -0.15) is 13.2 Å². The minimum absolute atomic E-state index is 0.0249. The summed E-state index contributed by atoms with van der Waals surface area (Å²) in [6.07, 6.45) is -5.10. The Hall–Kier alpha value is -2.05. The van der Waals surface area contributed by atoms with Crippen molar-refractivity contribution in [2.75, 3.05) is 12.4 Å². The quantitative estimate of drug-likeness (QED) is 0.859. The molecule has 0 radical (unpaired) electrons. The van der Waals surface area contributed by atoms with E-state index in [0.29, 0.717) is 0 Å². The summed E-state index contributed by atoms with van der Waals surface area (Å²) in [4.78, 5) is 22.0. The maximum absolute atomic E-state index is 12.8. The van der Waals surface area contributed by atoms with Crippen molar-refractivity contribution < 1.29 is 27.5 Å². The van der Waals surface area contributed by atoms with Crippen molar-refractivity contribution in [1.82, 2.24) is 0 Å². The molecule has 4 nitrogen and oxygen atoms in total. The van der Waals surface area contributed by atoms with Crippen LogP contribution in [0.1, 0.15) is 18.9 Å². The van der Waals surface area contributed by atoms with Gasteiger partial charge in [0.15, 0.2) is 0 Å². The highest BCUT2D eigenvalue weighted by molar-refractivity contribution is 6.03. The summed E-state index contributed by atoms with van der Waals surface area (Å²) in [5.41, 5.74) is -1.43. The van der Waals surface area contributed by atoms with Crippen LogP contribution in [0, 0.1) is 0 Å². The first kappa shape index (κ1) is 15.0. The maximum Gasteiger partial charge on any atom is 0.418 e. The van der Waals surface area contributed by atoms with E-state index in [1.165, 1.54) is 20.1 Å². The highest BCUT2D eigenvalue weighted by atomic mass is 19.4. The lowest BCUT2D eigenvalue weighted by atomic mass is 10.1. The lowest BCUT2D eigenvalue weighted by Crippen LogP contribution is -2.18. The third-order valence-electron chi connectivity index (χ3n) is 2.22. The fraction of sp³-hybridized carbons (Fsp3) is 0.333. The Morgan fingerprint density at radius 3 is 2.42 bits per heavy atom. The first-order chi connectivity index (χ1) is 8.74. The molecular formula is C12H12F3NO3. The molecule has 0 saturated carbocycles. The van der Waals surface area contributed by atoms with Crippen molar-refractivity contribution in [1.29, 1.82) is 0 Å². The number of carbonyl (C=O) groups is 2. The molecule has 7 heteroatoms. The van der Waals surface area contributed by atoms with Gasteiger partial charge in [0.2, 0.25) is 5.91 Å². The fourth-order valence-corrected chi connectivity index (χ4v) is 1.41. The SMILES string of the molecule is COc1ccc(NC(=O)CC(C)=O)c(C(F)(F)F)c1. The average Bonchev–Trinajstić information content (AvgIpc) is 2.26. The zero-order chi connectivity index (χ0) is 14.6. The van der Waals surface area contributed by atoms with E-state index in [-0.39, 0.29) is 5.75 Å². The number of hydrogen-bond donors (Lipinski definition) is 1. The molecule has 0 bridgehead atoms. The van der Waals surface area contributed by atoms with Gasteiger partial charge in [-0.3, -0.25) is 9.59 Å². The second-order valence-electron chi connectivity index (χ2n) is 3.84. The molecule has 19 heavy (non-hydrogen) atoms. The normalized spacial score (nSPS) is 11.0. The summed E-state index contributed by atoms with van der Waals surface area (Å²) in [6.45, 7) is 1.18. The van der Waals surface area contributed by atoms with Crippen LogP contribution in [0.15, 0.2) is 18.2 Å². The number of halogens is 3. The molecule has 0 aromatic heterocycles. The van der Waals surface area contributed by atoms with Crippen molar-refractivity contribution >= 4 is 17.4 Å². The van der Waals surface area contributed by atoms with Crippen LogP contribution in [0.5, 0.6) is 5.75 Å². The molecular weight excluding hydrogens is 263 g/mol. The van der Waals surface area contributed by atoms with E-state index in [9.17, 15) is 22.8 Å². The number of anilines is 1. The Bertz CT molecular complexity index is 497. The highest BCUT2D eigenvalue weighted by Crippen LogP contribution is 2.37. The van der Waals surface area contributed by atoms with Crippen molar-refractivity contribution in [3.63, 3.8) is 0 Å². The van der Waals surface area contributed by atoms with E-state index in [4.69, 9.17) is 4.74 Å². The van der Waals surface area contributed by atoms with E-state index in [1.807, 2.05) is 0 Å². The largest absolute Gasteiger partial charge is 0.497 e. The molecule has 1 N–H and O–H groups in total. The van der Waals surface area contributed by atoms with Gasteiger partial charge in [-0.1, -0.05) is 0 Å². The second kappa shape index (κ2) is 5.73. The van der Waals surface area contributed by atoms with E-state index in [0.717, 1.165) is 12.1 Å². The van der Waals surface area contributed by atoms with Gasteiger partial charge in [-0.25, -0.2) is 0 Å². The topological polar surface area (TPSA) is 55.4 Å². The molecule has 0 spiro atoms. The number of ether oxygens (including phenoxy) is 1. The number of benzene rings is 1. The molecule has 0 unspecified atom stereocenters. The summed E-state index contributed by atoms with van der Waals surface area (Å²) in [6, 6.07) is 3.15. The van der Waals surface area contributed by atoms with Crippen LogP contribution in [-0.2, 0) is 15.8 Å². The maximum atomic E-state index is 12.8. The number of ketones is 1. The zero-order valence-electron chi connectivity index (χ0n) is 10.3. The summed E-state index contributed by atoms with van der Waals surface area (Å²) in [5.74, 6) is -1.19. The monoisotopic (exact) mass is 275 g/mol. The summed E-state index contributed by atoms with van der Waals surface area (Å²) < 4.78 is 43.1. The molecule has 1 aromatic rings. The number of carbonyl (C=O) groups excluding carboxylic acids is 2. The van der Waals surface area contributed by atoms with Crippen molar-refractivity contribution in [2.24, 2.45) is 0 Å². The second-order valence-corrected chi connectivity index (χ2v) is 3.84. The van der Waals surface area contributed by atoms with Gasteiger partial charge in [0.25, 0.3) is 0 Å². The lowest BCUT2D eigenvalue weighted by molar-refractivity contribution is -0.137.